The number of carbonyl (C=O) groups excluding carboxylic acids is 2. The van der Waals surface area contributed by atoms with E-state index in [0.29, 0.717) is 16.3 Å². The van der Waals surface area contributed by atoms with Crippen LogP contribution in [0, 0.1) is 0 Å². The van der Waals surface area contributed by atoms with Gasteiger partial charge in [0, 0.05) is 0 Å². The Morgan fingerprint density at radius 1 is 1.53 bits per heavy atom. The zero-order valence-corrected chi connectivity index (χ0v) is 8.75. The summed E-state index contributed by atoms with van der Waals surface area (Å²) in [6.45, 7) is -0.0912. The van der Waals surface area contributed by atoms with Crippen molar-refractivity contribution in [2.24, 2.45) is 0 Å². The predicted molar refractivity (Wildman–Crippen MR) is 55.1 cm³/mol. The van der Waals surface area contributed by atoms with Gasteiger partial charge < -0.3 is 4.74 Å². The van der Waals surface area contributed by atoms with Crippen LogP contribution in [0.2, 0.25) is 5.02 Å². The SMILES string of the molecule is COC(=O)CN1C(=O)c2cccc(Cl)c21. The molecule has 0 radical (unpaired) electrons. The molecule has 1 aliphatic rings. The molecular weight excluding hydrogens is 218 g/mol. The Bertz CT molecular complexity index is 444. The van der Waals surface area contributed by atoms with Gasteiger partial charge in [0.25, 0.3) is 5.91 Å². The van der Waals surface area contributed by atoms with Gasteiger partial charge in [-0.15, -0.1) is 0 Å². The van der Waals surface area contributed by atoms with Gasteiger partial charge in [0.2, 0.25) is 0 Å². The van der Waals surface area contributed by atoms with Crippen molar-refractivity contribution in [2.45, 2.75) is 0 Å². The van der Waals surface area contributed by atoms with Crippen molar-refractivity contribution < 1.29 is 14.3 Å². The molecule has 78 valence electrons. The molecule has 4 nitrogen and oxygen atoms in total. The van der Waals surface area contributed by atoms with Crippen LogP contribution in [0.25, 0.3) is 0 Å². The molecule has 0 bridgehead atoms. The number of ether oxygens (including phenoxy) is 1. The monoisotopic (exact) mass is 225 g/mol. The molecule has 1 aromatic rings. The number of rotatable bonds is 2. The number of anilines is 1. The maximum atomic E-state index is 11.5. The van der Waals surface area contributed by atoms with Gasteiger partial charge in [-0.1, -0.05) is 17.7 Å². The van der Waals surface area contributed by atoms with Crippen LogP contribution in [0.4, 0.5) is 5.69 Å². The Hall–Kier alpha value is -1.55. The van der Waals surface area contributed by atoms with E-state index in [0.717, 1.165) is 0 Å². The summed E-state index contributed by atoms with van der Waals surface area (Å²) >= 11 is 5.91. The number of carbonyl (C=O) groups is 2. The number of amides is 1. The van der Waals surface area contributed by atoms with Crippen molar-refractivity contribution in [1.29, 1.82) is 0 Å². The van der Waals surface area contributed by atoms with Gasteiger partial charge in [-0.05, 0) is 12.1 Å². The zero-order valence-electron chi connectivity index (χ0n) is 7.99. The molecule has 0 unspecified atom stereocenters. The Kier molecular flexibility index (Phi) is 2.36. The molecule has 1 heterocycles. The number of nitrogens with zero attached hydrogens (tertiary/aromatic N) is 1. The minimum absolute atomic E-state index is 0.0912. The normalized spacial score (nSPS) is 13.2. The number of fused-ring (bicyclic) bond motifs is 1. The quantitative estimate of drug-likeness (QED) is 0.717. The van der Waals surface area contributed by atoms with E-state index in [2.05, 4.69) is 4.74 Å². The fourth-order valence-corrected chi connectivity index (χ4v) is 1.78. The predicted octanol–water partition coefficient (Wildman–Crippen LogP) is 1.47. The molecule has 1 aromatic carbocycles. The minimum Gasteiger partial charge on any atom is -0.468 e. The van der Waals surface area contributed by atoms with Crippen LogP contribution in [0.3, 0.4) is 0 Å². The van der Waals surface area contributed by atoms with E-state index in [4.69, 9.17) is 11.6 Å². The smallest absolute Gasteiger partial charge is 0.325 e. The lowest BCUT2D eigenvalue weighted by molar-refractivity contribution is -0.138. The first kappa shape index (κ1) is 9.98. The summed E-state index contributed by atoms with van der Waals surface area (Å²) < 4.78 is 4.48. The number of para-hydroxylation sites is 1. The van der Waals surface area contributed by atoms with Crippen LogP contribution >= 0.6 is 11.6 Å². The van der Waals surface area contributed by atoms with E-state index < -0.39 is 5.97 Å². The minimum atomic E-state index is -0.464. The number of hydrogen-bond donors (Lipinski definition) is 0. The fraction of sp³-hybridized carbons (Fsp3) is 0.200. The van der Waals surface area contributed by atoms with Crippen LogP contribution in [0.15, 0.2) is 18.2 Å². The summed E-state index contributed by atoms with van der Waals surface area (Å²) in [6, 6.07) is 5.06. The fourth-order valence-electron chi connectivity index (χ4n) is 1.50. The molecule has 1 aliphatic heterocycles. The van der Waals surface area contributed by atoms with Crippen LogP contribution in [0.5, 0.6) is 0 Å². The molecule has 5 heteroatoms. The number of benzene rings is 1. The highest BCUT2D eigenvalue weighted by atomic mass is 35.5. The molecule has 0 atom stereocenters. The Morgan fingerprint density at radius 3 is 2.93 bits per heavy atom. The average Bonchev–Trinajstić information content (AvgIpc) is 2.25. The van der Waals surface area contributed by atoms with E-state index in [-0.39, 0.29) is 12.5 Å². The van der Waals surface area contributed by atoms with Crippen molar-refractivity contribution in [3.63, 3.8) is 0 Å². The third kappa shape index (κ3) is 1.47. The molecule has 0 aliphatic carbocycles. The molecule has 15 heavy (non-hydrogen) atoms. The summed E-state index contributed by atoms with van der Waals surface area (Å²) in [5.74, 6) is -0.660. The summed E-state index contributed by atoms with van der Waals surface area (Å²) in [5, 5.41) is 0.469. The molecule has 1 amide bonds. The highest BCUT2D eigenvalue weighted by Gasteiger charge is 2.36. The average molecular weight is 226 g/mol. The molecule has 0 aromatic heterocycles. The topological polar surface area (TPSA) is 46.6 Å². The lowest BCUT2D eigenvalue weighted by Gasteiger charge is -2.33. The van der Waals surface area contributed by atoms with Crippen LogP contribution in [0.1, 0.15) is 10.4 Å². The molecule has 0 N–H and O–H groups in total. The molecule has 0 spiro atoms. The second-order valence-electron chi connectivity index (χ2n) is 3.10. The van der Waals surface area contributed by atoms with Gasteiger partial charge in [-0.25, -0.2) is 0 Å². The van der Waals surface area contributed by atoms with Crippen LogP contribution in [-0.2, 0) is 9.53 Å². The van der Waals surface area contributed by atoms with Gasteiger partial charge >= 0.3 is 5.97 Å². The van der Waals surface area contributed by atoms with Crippen molar-refractivity contribution >= 4 is 29.2 Å². The first-order valence-corrected chi connectivity index (χ1v) is 4.70. The number of esters is 1. The van der Waals surface area contributed by atoms with E-state index in [1.165, 1.54) is 12.0 Å². The second kappa shape index (κ2) is 3.55. The zero-order chi connectivity index (χ0) is 11.0. The Balaban J connectivity index is 2.29. The first-order valence-electron chi connectivity index (χ1n) is 4.32. The standard InChI is InChI=1S/C10H8ClNO3/c1-15-8(13)5-12-9-6(10(12)14)3-2-4-7(9)11/h2-4H,5H2,1H3. The molecule has 0 fully saturated rings. The maximum absolute atomic E-state index is 11.5. The summed E-state index contributed by atoms with van der Waals surface area (Å²) in [4.78, 5) is 23.8. The lowest BCUT2D eigenvalue weighted by atomic mass is 10.0. The van der Waals surface area contributed by atoms with Crippen molar-refractivity contribution in [3.05, 3.63) is 28.8 Å². The molecule has 0 saturated carbocycles. The maximum Gasteiger partial charge on any atom is 0.325 e. The molecule has 2 rings (SSSR count). The number of methoxy groups -OCH3 is 1. The van der Waals surface area contributed by atoms with E-state index in [1.807, 2.05) is 0 Å². The lowest BCUT2D eigenvalue weighted by Crippen LogP contribution is -2.44. The van der Waals surface area contributed by atoms with Crippen LogP contribution in [-0.4, -0.2) is 25.5 Å². The Morgan fingerprint density at radius 2 is 2.27 bits per heavy atom. The second-order valence-corrected chi connectivity index (χ2v) is 3.51. The Labute approximate surface area is 91.4 Å². The van der Waals surface area contributed by atoms with E-state index in [1.54, 1.807) is 18.2 Å². The van der Waals surface area contributed by atoms with Crippen LogP contribution < -0.4 is 4.90 Å². The number of halogens is 1. The summed E-state index contributed by atoms with van der Waals surface area (Å²) in [7, 11) is 1.28. The van der Waals surface area contributed by atoms with Gasteiger partial charge in [-0.3, -0.25) is 14.5 Å². The molecule has 0 saturated heterocycles. The van der Waals surface area contributed by atoms with Crippen molar-refractivity contribution in [2.75, 3.05) is 18.6 Å². The van der Waals surface area contributed by atoms with Gasteiger partial charge in [-0.2, -0.15) is 0 Å². The number of hydrogen-bond acceptors (Lipinski definition) is 3. The van der Waals surface area contributed by atoms with E-state index >= 15 is 0 Å². The van der Waals surface area contributed by atoms with E-state index in [9.17, 15) is 9.59 Å². The van der Waals surface area contributed by atoms with Gasteiger partial charge in [0.05, 0.1) is 23.4 Å². The first-order chi connectivity index (χ1) is 7.15. The third-order valence-electron chi connectivity index (χ3n) is 2.25. The largest absolute Gasteiger partial charge is 0.468 e. The van der Waals surface area contributed by atoms with Gasteiger partial charge in [0.15, 0.2) is 0 Å². The summed E-state index contributed by atoms with van der Waals surface area (Å²) in [6.07, 6.45) is 0. The molecular formula is C10H8ClNO3. The highest BCUT2D eigenvalue weighted by Crippen LogP contribution is 2.38. The highest BCUT2D eigenvalue weighted by molar-refractivity contribution is 6.38. The van der Waals surface area contributed by atoms with Crippen molar-refractivity contribution in [3.8, 4) is 0 Å². The third-order valence-corrected chi connectivity index (χ3v) is 2.55. The summed E-state index contributed by atoms with van der Waals surface area (Å²) in [5.41, 5.74) is 1.15. The van der Waals surface area contributed by atoms with Crippen molar-refractivity contribution in [1.82, 2.24) is 0 Å². The van der Waals surface area contributed by atoms with Gasteiger partial charge in [0.1, 0.15) is 6.54 Å².